The number of hydrogen-bond donors (Lipinski definition) is 2. The number of aryl methyl sites for hydroxylation is 1. The van der Waals surface area contributed by atoms with Crippen molar-refractivity contribution < 1.29 is 9.53 Å². The molecule has 5 heteroatoms. The Kier molecular flexibility index (Phi) is 4.92. The Labute approximate surface area is 103 Å². The van der Waals surface area contributed by atoms with Crippen molar-refractivity contribution in [1.29, 1.82) is 0 Å². The minimum absolute atomic E-state index is 0.165. The van der Waals surface area contributed by atoms with Gasteiger partial charge in [-0.05, 0) is 30.7 Å². The van der Waals surface area contributed by atoms with Crippen LogP contribution in [0.5, 0.6) is 0 Å². The summed E-state index contributed by atoms with van der Waals surface area (Å²) in [7, 11) is 1.46. The quantitative estimate of drug-likeness (QED) is 0.885. The van der Waals surface area contributed by atoms with Crippen LogP contribution in [-0.2, 0) is 9.53 Å². The van der Waals surface area contributed by atoms with Gasteiger partial charge in [-0.2, -0.15) is 0 Å². The number of rotatable bonds is 4. The highest BCUT2D eigenvalue weighted by Gasteiger charge is 2.15. The maximum Gasteiger partial charge on any atom is 0.254 e. The molecule has 0 heterocycles. The highest BCUT2D eigenvalue weighted by molar-refractivity contribution is 9.10. The van der Waals surface area contributed by atoms with E-state index in [0.717, 1.165) is 15.7 Å². The first-order valence-corrected chi connectivity index (χ1v) is 5.67. The zero-order valence-corrected chi connectivity index (χ0v) is 10.9. The van der Waals surface area contributed by atoms with Gasteiger partial charge in [0.1, 0.15) is 6.10 Å². The van der Waals surface area contributed by atoms with Gasteiger partial charge in [-0.15, -0.1) is 0 Å². The Morgan fingerprint density at radius 1 is 1.62 bits per heavy atom. The Bertz CT molecular complexity index is 378. The Morgan fingerprint density at radius 3 is 2.81 bits per heavy atom. The second kappa shape index (κ2) is 5.98. The smallest absolute Gasteiger partial charge is 0.254 e. The fourth-order valence-electron chi connectivity index (χ4n) is 1.26. The number of halogens is 1. The SMILES string of the molecule is COC(CN)C(=O)Nc1ccc(Br)c(C)c1. The van der Waals surface area contributed by atoms with Crippen molar-refractivity contribution >= 4 is 27.5 Å². The standard InChI is InChI=1S/C11H15BrN2O2/c1-7-5-8(3-4-9(7)12)14-11(15)10(6-13)16-2/h3-5,10H,6,13H2,1-2H3,(H,14,15). The van der Waals surface area contributed by atoms with Crippen LogP contribution in [-0.4, -0.2) is 25.7 Å². The molecule has 0 aliphatic carbocycles. The van der Waals surface area contributed by atoms with Gasteiger partial charge >= 0.3 is 0 Å². The van der Waals surface area contributed by atoms with E-state index in [1.54, 1.807) is 0 Å². The zero-order chi connectivity index (χ0) is 12.1. The van der Waals surface area contributed by atoms with E-state index in [4.69, 9.17) is 10.5 Å². The van der Waals surface area contributed by atoms with Gasteiger partial charge in [0.25, 0.3) is 5.91 Å². The van der Waals surface area contributed by atoms with Crippen molar-refractivity contribution in [1.82, 2.24) is 0 Å². The van der Waals surface area contributed by atoms with Crippen molar-refractivity contribution in [2.45, 2.75) is 13.0 Å². The lowest BCUT2D eigenvalue weighted by atomic mass is 10.2. The third-order valence-corrected chi connectivity index (χ3v) is 3.11. The van der Waals surface area contributed by atoms with Crippen LogP contribution in [0.3, 0.4) is 0 Å². The topological polar surface area (TPSA) is 64.3 Å². The van der Waals surface area contributed by atoms with Gasteiger partial charge in [-0.1, -0.05) is 15.9 Å². The van der Waals surface area contributed by atoms with Gasteiger partial charge in [0.15, 0.2) is 0 Å². The van der Waals surface area contributed by atoms with E-state index in [9.17, 15) is 4.79 Å². The maximum absolute atomic E-state index is 11.6. The summed E-state index contributed by atoms with van der Waals surface area (Å²) >= 11 is 3.39. The molecule has 0 spiro atoms. The van der Waals surface area contributed by atoms with E-state index >= 15 is 0 Å². The third kappa shape index (κ3) is 3.30. The first-order valence-electron chi connectivity index (χ1n) is 4.88. The zero-order valence-electron chi connectivity index (χ0n) is 9.29. The number of carbonyl (C=O) groups is 1. The summed E-state index contributed by atoms with van der Waals surface area (Å²) in [5.41, 5.74) is 7.19. The summed E-state index contributed by atoms with van der Waals surface area (Å²) in [6, 6.07) is 5.58. The average molecular weight is 287 g/mol. The number of nitrogens with two attached hydrogens (primary N) is 1. The van der Waals surface area contributed by atoms with Crippen LogP contribution in [0.1, 0.15) is 5.56 Å². The number of hydrogen-bond acceptors (Lipinski definition) is 3. The van der Waals surface area contributed by atoms with Crippen LogP contribution in [0.15, 0.2) is 22.7 Å². The first kappa shape index (κ1) is 13.2. The number of anilines is 1. The largest absolute Gasteiger partial charge is 0.370 e. The van der Waals surface area contributed by atoms with E-state index in [0.29, 0.717) is 0 Å². The lowest BCUT2D eigenvalue weighted by Gasteiger charge is -2.13. The molecule has 1 aromatic rings. The highest BCUT2D eigenvalue weighted by Crippen LogP contribution is 2.20. The molecule has 4 nitrogen and oxygen atoms in total. The molecular weight excluding hydrogens is 272 g/mol. The molecule has 0 aromatic heterocycles. The summed E-state index contributed by atoms with van der Waals surface area (Å²) < 4.78 is 5.95. The summed E-state index contributed by atoms with van der Waals surface area (Å²) in [6.45, 7) is 2.12. The number of carbonyl (C=O) groups excluding carboxylic acids is 1. The van der Waals surface area contributed by atoms with Crippen LogP contribution in [0.4, 0.5) is 5.69 Å². The van der Waals surface area contributed by atoms with Gasteiger partial charge in [0.2, 0.25) is 0 Å². The summed E-state index contributed by atoms with van der Waals surface area (Å²) in [5.74, 6) is -0.230. The monoisotopic (exact) mass is 286 g/mol. The van der Waals surface area contributed by atoms with Crippen LogP contribution in [0.2, 0.25) is 0 Å². The number of nitrogens with one attached hydrogen (secondary N) is 1. The first-order chi connectivity index (χ1) is 7.58. The van der Waals surface area contributed by atoms with Crippen LogP contribution < -0.4 is 11.1 Å². The van der Waals surface area contributed by atoms with Crippen LogP contribution in [0.25, 0.3) is 0 Å². The molecule has 0 saturated heterocycles. The molecule has 88 valence electrons. The Hall–Kier alpha value is -0.910. The fraction of sp³-hybridized carbons (Fsp3) is 0.364. The number of benzene rings is 1. The van der Waals surface area contributed by atoms with E-state index < -0.39 is 6.10 Å². The van der Waals surface area contributed by atoms with Crippen molar-refractivity contribution in [3.05, 3.63) is 28.2 Å². The molecule has 0 saturated carbocycles. The van der Waals surface area contributed by atoms with Gasteiger partial charge in [0.05, 0.1) is 0 Å². The van der Waals surface area contributed by atoms with Gasteiger partial charge in [0, 0.05) is 23.8 Å². The summed E-state index contributed by atoms with van der Waals surface area (Å²) in [5, 5.41) is 2.75. The van der Waals surface area contributed by atoms with E-state index in [-0.39, 0.29) is 12.5 Å². The Morgan fingerprint density at radius 2 is 2.31 bits per heavy atom. The molecule has 3 N–H and O–H groups in total. The molecule has 0 radical (unpaired) electrons. The highest BCUT2D eigenvalue weighted by atomic mass is 79.9. The molecule has 16 heavy (non-hydrogen) atoms. The molecule has 1 aromatic carbocycles. The number of amides is 1. The van der Waals surface area contributed by atoms with E-state index in [1.165, 1.54) is 7.11 Å². The van der Waals surface area contributed by atoms with Crippen molar-refractivity contribution in [2.75, 3.05) is 19.0 Å². The molecular formula is C11H15BrN2O2. The molecule has 1 atom stereocenters. The minimum atomic E-state index is -0.607. The van der Waals surface area contributed by atoms with E-state index in [2.05, 4.69) is 21.2 Å². The normalized spacial score (nSPS) is 12.2. The number of ether oxygens (including phenoxy) is 1. The molecule has 1 rings (SSSR count). The number of methoxy groups -OCH3 is 1. The van der Waals surface area contributed by atoms with Crippen molar-refractivity contribution in [3.8, 4) is 0 Å². The van der Waals surface area contributed by atoms with Crippen molar-refractivity contribution in [2.24, 2.45) is 5.73 Å². The van der Waals surface area contributed by atoms with Crippen molar-refractivity contribution in [3.63, 3.8) is 0 Å². The predicted molar refractivity (Wildman–Crippen MR) is 67.4 cm³/mol. The van der Waals surface area contributed by atoms with Crippen LogP contribution in [0, 0.1) is 6.92 Å². The fourth-order valence-corrected chi connectivity index (χ4v) is 1.50. The summed E-state index contributed by atoms with van der Waals surface area (Å²) in [6.07, 6.45) is -0.607. The minimum Gasteiger partial charge on any atom is -0.370 e. The lowest BCUT2D eigenvalue weighted by Crippen LogP contribution is -2.35. The lowest BCUT2D eigenvalue weighted by molar-refractivity contribution is -0.125. The average Bonchev–Trinajstić information content (AvgIpc) is 2.25. The molecule has 0 aliphatic heterocycles. The molecule has 0 bridgehead atoms. The van der Waals surface area contributed by atoms with Gasteiger partial charge in [-0.3, -0.25) is 4.79 Å². The summed E-state index contributed by atoms with van der Waals surface area (Å²) in [4.78, 5) is 11.6. The maximum atomic E-state index is 11.6. The van der Waals surface area contributed by atoms with Crippen LogP contribution >= 0.6 is 15.9 Å². The Balaban J connectivity index is 2.73. The third-order valence-electron chi connectivity index (χ3n) is 2.22. The van der Waals surface area contributed by atoms with E-state index in [1.807, 2.05) is 25.1 Å². The molecule has 1 amide bonds. The van der Waals surface area contributed by atoms with Gasteiger partial charge in [-0.25, -0.2) is 0 Å². The molecule has 0 aliphatic rings. The predicted octanol–water partition coefficient (Wildman–Crippen LogP) is 1.67. The molecule has 0 fully saturated rings. The van der Waals surface area contributed by atoms with Gasteiger partial charge < -0.3 is 15.8 Å². The molecule has 1 unspecified atom stereocenters. The second-order valence-electron chi connectivity index (χ2n) is 3.41. The second-order valence-corrected chi connectivity index (χ2v) is 4.27.